The molecule has 0 unspecified atom stereocenters. The SMILES string of the molecule is COc1ccc(CCNC(=O)CNC2CC2)cc1. The summed E-state index contributed by atoms with van der Waals surface area (Å²) in [6, 6.07) is 8.50. The number of hydrogen-bond acceptors (Lipinski definition) is 3. The summed E-state index contributed by atoms with van der Waals surface area (Å²) in [5.74, 6) is 0.937. The quantitative estimate of drug-likeness (QED) is 0.760. The van der Waals surface area contributed by atoms with Gasteiger partial charge in [-0.05, 0) is 37.0 Å². The maximum Gasteiger partial charge on any atom is 0.233 e. The molecule has 2 rings (SSSR count). The second kappa shape index (κ2) is 6.40. The van der Waals surface area contributed by atoms with Gasteiger partial charge in [-0.1, -0.05) is 12.1 Å². The maximum atomic E-state index is 11.5. The molecule has 0 aromatic heterocycles. The molecule has 1 aromatic carbocycles. The van der Waals surface area contributed by atoms with Gasteiger partial charge in [0.1, 0.15) is 5.75 Å². The summed E-state index contributed by atoms with van der Waals surface area (Å²) >= 11 is 0. The van der Waals surface area contributed by atoms with Crippen LogP contribution in [-0.4, -0.2) is 32.1 Å². The summed E-state index contributed by atoms with van der Waals surface area (Å²) in [4.78, 5) is 11.5. The highest BCUT2D eigenvalue weighted by molar-refractivity contribution is 5.78. The van der Waals surface area contributed by atoms with Crippen LogP contribution in [0.4, 0.5) is 0 Å². The van der Waals surface area contributed by atoms with Gasteiger partial charge in [-0.3, -0.25) is 4.79 Å². The van der Waals surface area contributed by atoms with Gasteiger partial charge < -0.3 is 15.4 Å². The van der Waals surface area contributed by atoms with Crippen LogP contribution in [-0.2, 0) is 11.2 Å². The summed E-state index contributed by atoms with van der Waals surface area (Å²) in [6.07, 6.45) is 3.26. The molecule has 0 atom stereocenters. The molecule has 0 saturated heterocycles. The third-order valence-corrected chi connectivity index (χ3v) is 3.02. The van der Waals surface area contributed by atoms with Crippen molar-refractivity contribution in [2.24, 2.45) is 0 Å². The highest BCUT2D eigenvalue weighted by Gasteiger charge is 2.20. The predicted molar refractivity (Wildman–Crippen MR) is 70.7 cm³/mol. The number of rotatable bonds is 7. The van der Waals surface area contributed by atoms with Crippen molar-refractivity contribution >= 4 is 5.91 Å². The number of nitrogens with one attached hydrogen (secondary N) is 2. The Hall–Kier alpha value is -1.55. The summed E-state index contributed by atoms with van der Waals surface area (Å²) < 4.78 is 5.09. The van der Waals surface area contributed by atoms with Crippen molar-refractivity contribution in [2.75, 3.05) is 20.2 Å². The Morgan fingerprint density at radius 1 is 1.33 bits per heavy atom. The van der Waals surface area contributed by atoms with E-state index in [1.165, 1.54) is 18.4 Å². The molecule has 4 heteroatoms. The normalized spacial score (nSPS) is 14.3. The first-order chi connectivity index (χ1) is 8.78. The van der Waals surface area contributed by atoms with E-state index in [4.69, 9.17) is 4.74 Å². The average Bonchev–Trinajstić information content (AvgIpc) is 3.21. The lowest BCUT2D eigenvalue weighted by Crippen LogP contribution is -2.35. The van der Waals surface area contributed by atoms with Crippen LogP contribution >= 0.6 is 0 Å². The fourth-order valence-corrected chi connectivity index (χ4v) is 1.73. The monoisotopic (exact) mass is 248 g/mol. The average molecular weight is 248 g/mol. The van der Waals surface area contributed by atoms with Crippen molar-refractivity contribution in [3.63, 3.8) is 0 Å². The second-order valence-corrected chi connectivity index (χ2v) is 4.60. The lowest BCUT2D eigenvalue weighted by molar-refractivity contribution is -0.120. The molecule has 0 aliphatic heterocycles. The number of carbonyl (C=O) groups is 1. The first kappa shape index (κ1) is 12.9. The van der Waals surface area contributed by atoms with Crippen LogP contribution in [0.5, 0.6) is 5.75 Å². The first-order valence-electron chi connectivity index (χ1n) is 6.41. The zero-order valence-electron chi connectivity index (χ0n) is 10.7. The van der Waals surface area contributed by atoms with E-state index in [9.17, 15) is 4.79 Å². The van der Waals surface area contributed by atoms with Crippen LogP contribution in [0, 0.1) is 0 Å². The largest absolute Gasteiger partial charge is 0.497 e. The van der Waals surface area contributed by atoms with Crippen LogP contribution < -0.4 is 15.4 Å². The molecule has 18 heavy (non-hydrogen) atoms. The molecule has 4 nitrogen and oxygen atoms in total. The minimum absolute atomic E-state index is 0.0791. The molecule has 98 valence electrons. The molecule has 1 aromatic rings. The Bertz CT molecular complexity index is 385. The Morgan fingerprint density at radius 3 is 2.67 bits per heavy atom. The third kappa shape index (κ3) is 4.37. The van der Waals surface area contributed by atoms with Gasteiger partial charge in [0.15, 0.2) is 0 Å². The van der Waals surface area contributed by atoms with E-state index in [0.717, 1.165) is 12.2 Å². The van der Waals surface area contributed by atoms with Crippen LogP contribution in [0.3, 0.4) is 0 Å². The Morgan fingerprint density at radius 2 is 2.06 bits per heavy atom. The lowest BCUT2D eigenvalue weighted by atomic mass is 10.1. The Kier molecular flexibility index (Phi) is 4.59. The minimum Gasteiger partial charge on any atom is -0.497 e. The minimum atomic E-state index is 0.0791. The van der Waals surface area contributed by atoms with Crippen molar-refractivity contribution in [3.05, 3.63) is 29.8 Å². The van der Waals surface area contributed by atoms with Gasteiger partial charge in [0, 0.05) is 12.6 Å². The topological polar surface area (TPSA) is 50.4 Å². The van der Waals surface area contributed by atoms with Gasteiger partial charge in [-0.25, -0.2) is 0 Å². The highest BCUT2D eigenvalue weighted by Crippen LogP contribution is 2.17. The van der Waals surface area contributed by atoms with Crippen molar-refractivity contribution in [1.82, 2.24) is 10.6 Å². The molecule has 1 aliphatic rings. The summed E-state index contributed by atoms with van der Waals surface area (Å²) in [5.41, 5.74) is 1.20. The fraction of sp³-hybridized carbons (Fsp3) is 0.500. The molecular formula is C14H20N2O2. The van der Waals surface area contributed by atoms with Crippen LogP contribution in [0.2, 0.25) is 0 Å². The standard InChI is InChI=1S/C14H20N2O2/c1-18-13-6-2-11(3-7-13)8-9-15-14(17)10-16-12-4-5-12/h2-3,6-7,12,16H,4-5,8-10H2,1H3,(H,15,17). The van der Waals surface area contributed by atoms with E-state index >= 15 is 0 Å². The number of methoxy groups -OCH3 is 1. The summed E-state index contributed by atoms with van der Waals surface area (Å²) in [5, 5.41) is 6.10. The molecule has 0 spiro atoms. The van der Waals surface area contributed by atoms with Gasteiger partial charge in [0.25, 0.3) is 0 Å². The molecule has 1 saturated carbocycles. The van der Waals surface area contributed by atoms with E-state index in [0.29, 0.717) is 19.1 Å². The molecule has 0 radical (unpaired) electrons. The molecule has 2 N–H and O–H groups in total. The van der Waals surface area contributed by atoms with Gasteiger partial charge in [-0.15, -0.1) is 0 Å². The highest BCUT2D eigenvalue weighted by atomic mass is 16.5. The van der Waals surface area contributed by atoms with Crippen molar-refractivity contribution < 1.29 is 9.53 Å². The maximum absolute atomic E-state index is 11.5. The number of amides is 1. The van der Waals surface area contributed by atoms with E-state index in [-0.39, 0.29) is 5.91 Å². The van der Waals surface area contributed by atoms with E-state index in [2.05, 4.69) is 10.6 Å². The number of ether oxygens (including phenoxy) is 1. The van der Waals surface area contributed by atoms with Gasteiger partial charge in [0.2, 0.25) is 5.91 Å². The fourth-order valence-electron chi connectivity index (χ4n) is 1.73. The molecule has 1 fully saturated rings. The molecular weight excluding hydrogens is 228 g/mol. The van der Waals surface area contributed by atoms with Crippen molar-refractivity contribution in [3.8, 4) is 5.75 Å². The number of carbonyl (C=O) groups excluding carboxylic acids is 1. The zero-order valence-corrected chi connectivity index (χ0v) is 10.7. The van der Waals surface area contributed by atoms with E-state index in [1.54, 1.807) is 7.11 Å². The summed E-state index contributed by atoms with van der Waals surface area (Å²) in [7, 11) is 1.65. The molecule has 1 aliphatic carbocycles. The van der Waals surface area contributed by atoms with Crippen LogP contribution in [0.15, 0.2) is 24.3 Å². The number of benzene rings is 1. The molecule has 1 amide bonds. The zero-order chi connectivity index (χ0) is 12.8. The predicted octanol–water partition coefficient (Wildman–Crippen LogP) is 1.11. The van der Waals surface area contributed by atoms with Crippen molar-refractivity contribution in [2.45, 2.75) is 25.3 Å². The van der Waals surface area contributed by atoms with Crippen LogP contribution in [0.25, 0.3) is 0 Å². The van der Waals surface area contributed by atoms with Crippen molar-refractivity contribution in [1.29, 1.82) is 0 Å². The first-order valence-corrected chi connectivity index (χ1v) is 6.41. The Balaban J connectivity index is 1.62. The Labute approximate surface area is 108 Å². The smallest absolute Gasteiger partial charge is 0.233 e. The van der Waals surface area contributed by atoms with Gasteiger partial charge in [0.05, 0.1) is 13.7 Å². The summed E-state index contributed by atoms with van der Waals surface area (Å²) in [6.45, 7) is 1.12. The lowest BCUT2D eigenvalue weighted by Gasteiger charge is -2.06. The van der Waals surface area contributed by atoms with Gasteiger partial charge in [-0.2, -0.15) is 0 Å². The van der Waals surface area contributed by atoms with E-state index in [1.807, 2.05) is 24.3 Å². The second-order valence-electron chi connectivity index (χ2n) is 4.60. The van der Waals surface area contributed by atoms with Gasteiger partial charge >= 0.3 is 0 Å². The van der Waals surface area contributed by atoms with E-state index < -0.39 is 0 Å². The third-order valence-electron chi connectivity index (χ3n) is 3.02. The number of hydrogen-bond donors (Lipinski definition) is 2. The molecule has 0 bridgehead atoms. The molecule has 0 heterocycles. The van der Waals surface area contributed by atoms with Crippen LogP contribution in [0.1, 0.15) is 18.4 Å².